The van der Waals surface area contributed by atoms with Crippen molar-refractivity contribution in [3.63, 3.8) is 0 Å². The van der Waals surface area contributed by atoms with Crippen LogP contribution in [0.25, 0.3) is 0 Å². The summed E-state index contributed by atoms with van der Waals surface area (Å²) in [5, 5.41) is 6.24. The first-order valence-corrected chi connectivity index (χ1v) is 9.61. The van der Waals surface area contributed by atoms with Crippen molar-refractivity contribution in [3.8, 4) is 0 Å². The molecular weight excluding hydrogens is 488 g/mol. The topological polar surface area (TPSA) is 66.0 Å². The molecule has 0 aromatic carbocycles. The second kappa shape index (κ2) is 10.2. The van der Waals surface area contributed by atoms with Gasteiger partial charge >= 0.3 is 12.3 Å². The van der Waals surface area contributed by atoms with E-state index in [0.29, 0.717) is 12.5 Å². The highest BCUT2D eigenvalue weighted by molar-refractivity contribution is 14.0. The minimum atomic E-state index is -4.21. The molecule has 2 unspecified atom stereocenters. The molecule has 0 radical (unpaired) electrons. The number of carbonyl (C=O) groups excluding carboxylic acids is 1. The molecule has 0 spiro atoms. The number of aliphatic imine (C=N–C) groups is 1. The van der Waals surface area contributed by atoms with E-state index in [2.05, 4.69) is 15.6 Å². The molecule has 0 aromatic heterocycles. The molecule has 2 aliphatic heterocycles. The van der Waals surface area contributed by atoms with E-state index in [-0.39, 0.29) is 54.7 Å². The van der Waals surface area contributed by atoms with E-state index in [9.17, 15) is 18.0 Å². The molecule has 0 aliphatic carbocycles. The summed E-state index contributed by atoms with van der Waals surface area (Å²) < 4.78 is 42.5. The first kappa shape index (κ1) is 25.1. The van der Waals surface area contributed by atoms with E-state index in [1.165, 1.54) is 0 Å². The molecule has 2 N–H and O–H groups in total. The summed E-state index contributed by atoms with van der Waals surface area (Å²) in [6.07, 6.45) is -2.11. The zero-order valence-corrected chi connectivity index (χ0v) is 19.3. The van der Waals surface area contributed by atoms with Crippen LogP contribution in [0.4, 0.5) is 18.0 Å². The minimum Gasteiger partial charge on any atom is -0.444 e. The van der Waals surface area contributed by atoms with Gasteiger partial charge in [0, 0.05) is 24.7 Å². The van der Waals surface area contributed by atoms with Gasteiger partial charge in [0.15, 0.2) is 5.96 Å². The third-order valence-electron chi connectivity index (χ3n) is 4.69. The quantitative estimate of drug-likeness (QED) is 0.334. The van der Waals surface area contributed by atoms with Crippen LogP contribution in [0.5, 0.6) is 0 Å². The fourth-order valence-electron chi connectivity index (χ4n) is 3.72. The normalized spacial score (nSPS) is 25.2. The highest BCUT2D eigenvalue weighted by Gasteiger charge is 2.45. The van der Waals surface area contributed by atoms with Crippen LogP contribution < -0.4 is 10.6 Å². The monoisotopic (exact) mass is 520 g/mol. The second-order valence-corrected chi connectivity index (χ2v) is 8.21. The Morgan fingerprint density at radius 2 is 1.75 bits per heavy atom. The summed E-state index contributed by atoms with van der Waals surface area (Å²) in [7, 11) is 0. The first-order valence-electron chi connectivity index (χ1n) is 9.61. The van der Waals surface area contributed by atoms with E-state index in [1.807, 2.05) is 32.6 Å². The van der Waals surface area contributed by atoms with Crippen molar-refractivity contribution in [2.24, 2.45) is 4.99 Å². The molecule has 28 heavy (non-hydrogen) atoms. The second-order valence-electron chi connectivity index (χ2n) is 8.21. The molecule has 2 heterocycles. The fraction of sp³-hybridized carbons (Fsp3) is 0.889. The van der Waals surface area contributed by atoms with Gasteiger partial charge in [-0.3, -0.25) is 4.99 Å². The third kappa shape index (κ3) is 7.82. The maximum absolute atomic E-state index is 12.5. The minimum absolute atomic E-state index is 0. The summed E-state index contributed by atoms with van der Waals surface area (Å²) >= 11 is 0. The van der Waals surface area contributed by atoms with Crippen molar-refractivity contribution in [1.82, 2.24) is 15.5 Å². The van der Waals surface area contributed by atoms with Gasteiger partial charge < -0.3 is 20.3 Å². The summed E-state index contributed by atoms with van der Waals surface area (Å²) in [5.41, 5.74) is -0.533. The molecule has 2 saturated heterocycles. The average molecular weight is 520 g/mol. The van der Waals surface area contributed by atoms with Crippen LogP contribution in [-0.4, -0.2) is 59.9 Å². The van der Waals surface area contributed by atoms with Gasteiger partial charge in [-0.1, -0.05) is 0 Å². The highest BCUT2D eigenvalue weighted by Crippen LogP contribution is 2.36. The number of ether oxygens (including phenoxy) is 1. The summed E-state index contributed by atoms with van der Waals surface area (Å²) in [5.74, 6) is 0.400. The van der Waals surface area contributed by atoms with Gasteiger partial charge in [-0.25, -0.2) is 4.79 Å². The van der Waals surface area contributed by atoms with E-state index >= 15 is 0 Å². The Kier molecular flexibility index (Phi) is 9.14. The van der Waals surface area contributed by atoms with E-state index in [0.717, 1.165) is 25.7 Å². The Labute approximate surface area is 182 Å². The van der Waals surface area contributed by atoms with Crippen molar-refractivity contribution in [2.45, 2.75) is 89.7 Å². The SMILES string of the molecule is CCNC(=NCCC(F)(F)F)NC1CC2CCC(C1)N2C(=O)OC(C)(C)C.I. The molecule has 0 aromatic rings. The Balaban J connectivity index is 0.00000392. The van der Waals surface area contributed by atoms with Crippen LogP contribution in [-0.2, 0) is 4.74 Å². The van der Waals surface area contributed by atoms with Gasteiger partial charge in [-0.05, 0) is 53.4 Å². The third-order valence-corrected chi connectivity index (χ3v) is 4.69. The van der Waals surface area contributed by atoms with Crippen LogP contribution in [0.3, 0.4) is 0 Å². The lowest BCUT2D eigenvalue weighted by Gasteiger charge is -2.40. The molecule has 0 saturated carbocycles. The van der Waals surface area contributed by atoms with E-state index < -0.39 is 18.2 Å². The number of hydrogen-bond acceptors (Lipinski definition) is 3. The predicted molar refractivity (Wildman–Crippen MR) is 113 cm³/mol. The van der Waals surface area contributed by atoms with Gasteiger partial charge in [0.05, 0.1) is 13.0 Å². The maximum Gasteiger partial charge on any atom is 0.410 e. The Hall–Kier alpha value is -0.940. The van der Waals surface area contributed by atoms with Crippen LogP contribution in [0.1, 0.15) is 59.8 Å². The summed E-state index contributed by atoms with van der Waals surface area (Å²) in [6, 6.07) is 0.258. The number of carbonyl (C=O) groups is 1. The van der Waals surface area contributed by atoms with E-state index in [4.69, 9.17) is 4.74 Å². The molecular formula is C18H32F3IN4O2. The number of piperidine rings is 1. The number of nitrogens with zero attached hydrogens (tertiary/aromatic N) is 2. The van der Waals surface area contributed by atoms with Crippen molar-refractivity contribution < 1.29 is 22.7 Å². The standard InChI is InChI=1S/C18H31F3N4O2.HI/c1-5-22-15(23-9-8-18(19,20)21)24-12-10-13-6-7-14(11-12)25(13)16(26)27-17(2,3)4;/h12-14H,5-11H2,1-4H3,(H2,22,23,24);1H. The van der Waals surface area contributed by atoms with Gasteiger partial charge in [0.25, 0.3) is 0 Å². The molecule has 2 bridgehead atoms. The number of alkyl halides is 3. The van der Waals surface area contributed by atoms with Gasteiger partial charge in [0.1, 0.15) is 5.60 Å². The lowest BCUT2D eigenvalue weighted by molar-refractivity contribution is -0.132. The molecule has 10 heteroatoms. The maximum atomic E-state index is 12.5. The Bertz CT molecular complexity index is 538. The molecule has 1 amide bonds. The molecule has 164 valence electrons. The lowest BCUT2D eigenvalue weighted by Crippen LogP contribution is -2.55. The van der Waals surface area contributed by atoms with Gasteiger partial charge in [-0.15, -0.1) is 24.0 Å². The zero-order valence-electron chi connectivity index (χ0n) is 16.9. The number of rotatable bonds is 4. The average Bonchev–Trinajstić information content (AvgIpc) is 2.76. The number of amides is 1. The van der Waals surface area contributed by atoms with Crippen LogP contribution >= 0.6 is 24.0 Å². The predicted octanol–water partition coefficient (Wildman–Crippen LogP) is 4.04. The fourth-order valence-corrected chi connectivity index (χ4v) is 3.72. The molecule has 2 rings (SSSR count). The van der Waals surface area contributed by atoms with Crippen molar-refractivity contribution in [2.75, 3.05) is 13.1 Å². The van der Waals surface area contributed by atoms with E-state index in [1.54, 1.807) is 0 Å². The molecule has 2 fully saturated rings. The lowest BCUT2D eigenvalue weighted by atomic mass is 9.98. The van der Waals surface area contributed by atoms with Gasteiger partial charge in [0.2, 0.25) is 0 Å². The molecule has 6 nitrogen and oxygen atoms in total. The van der Waals surface area contributed by atoms with Crippen LogP contribution in [0.15, 0.2) is 4.99 Å². The van der Waals surface area contributed by atoms with Crippen molar-refractivity contribution in [1.29, 1.82) is 0 Å². The number of hydrogen-bond donors (Lipinski definition) is 2. The first-order chi connectivity index (χ1) is 12.5. The van der Waals surface area contributed by atoms with Crippen LogP contribution in [0.2, 0.25) is 0 Å². The number of halogens is 4. The molecule has 2 atom stereocenters. The highest BCUT2D eigenvalue weighted by atomic mass is 127. The Morgan fingerprint density at radius 3 is 2.21 bits per heavy atom. The van der Waals surface area contributed by atoms with Crippen molar-refractivity contribution in [3.05, 3.63) is 0 Å². The smallest absolute Gasteiger partial charge is 0.410 e. The van der Waals surface area contributed by atoms with Gasteiger partial charge in [-0.2, -0.15) is 13.2 Å². The largest absolute Gasteiger partial charge is 0.444 e. The number of fused-ring (bicyclic) bond motifs is 2. The number of nitrogens with one attached hydrogen (secondary N) is 2. The number of guanidine groups is 1. The Morgan fingerprint density at radius 1 is 1.18 bits per heavy atom. The summed E-state index contributed by atoms with van der Waals surface area (Å²) in [6.45, 7) is 7.68. The summed E-state index contributed by atoms with van der Waals surface area (Å²) in [4.78, 5) is 18.4. The van der Waals surface area contributed by atoms with Crippen molar-refractivity contribution >= 4 is 36.0 Å². The zero-order chi connectivity index (χ0) is 20.2. The molecule has 2 aliphatic rings. The van der Waals surface area contributed by atoms with Crippen LogP contribution in [0, 0.1) is 0 Å².